The van der Waals surface area contributed by atoms with Crippen molar-refractivity contribution in [2.45, 2.75) is 0 Å². The number of halogens is 2. The second-order valence-electron chi connectivity index (χ2n) is 3.95. The molecule has 0 saturated heterocycles. The average Bonchev–Trinajstić information content (AvgIpc) is 2.40. The fourth-order valence-electron chi connectivity index (χ4n) is 1.56. The van der Waals surface area contributed by atoms with Crippen molar-refractivity contribution in [3.63, 3.8) is 0 Å². The molecule has 6 nitrogen and oxygen atoms in total. The molecule has 0 aliphatic heterocycles. The Morgan fingerprint density at radius 3 is 2.57 bits per heavy atom. The highest BCUT2D eigenvalue weighted by Crippen LogP contribution is 2.31. The molecule has 2 aromatic rings. The molecular weight excluding hydrogens is 349 g/mol. The van der Waals surface area contributed by atoms with Crippen LogP contribution in [0.1, 0.15) is 10.4 Å². The number of rotatable bonds is 4. The second-order valence-corrected chi connectivity index (χ2v) is 4.87. The molecule has 0 bridgehead atoms. The first-order valence-electron chi connectivity index (χ1n) is 5.52. The molecule has 0 amide bonds. The smallest absolute Gasteiger partial charge is 0.335 e. The second kappa shape index (κ2) is 5.88. The molecule has 0 heterocycles. The van der Waals surface area contributed by atoms with Gasteiger partial charge in [0.05, 0.1) is 16.6 Å². The van der Waals surface area contributed by atoms with Gasteiger partial charge in [0.15, 0.2) is 11.6 Å². The first kappa shape index (κ1) is 14.9. The number of nitro benzene ring substituents is 1. The molecule has 0 aliphatic rings. The Bertz CT molecular complexity index is 734. The Hall–Kier alpha value is -2.48. The number of hydrogen-bond donors (Lipinski definition) is 1. The first-order chi connectivity index (χ1) is 9.86. The molecule has 0 atom stereocenters. The van der Waals surface area contributed by atoms with Crippen LogP contribution in [-0.2, 0) is 0 Å². The number of nitro groups is 1. The van der Waals surface area contributed by atoms with Crippen molar-refractivity contribution in [2.75, 3.05) is 0 Å². The summed E-state index contributed by atoms with van der Waals surface area (Å²) in [6, 6.07) is 6.96. The molecule has 0 fully saturated rings. The maximum atomic E-state index is 13.7. The van der Waals surface area contributed by atoms with Gasteiger partial charge in [0, 0.05) is 10.5 Å². The standard InChI is InChI=1S/C13H7BrFNO5/c14-8-4-9(16(19)20)6-10(5-8)21-12-2-1-7(13(17)18)3-11(12)15/h1-6H,(H,17,18). The third-order valence-corrected chi connectivity index (χ3v) is 2.93. The summed E-state index contributed by atoms with van der Waals surface area (Å²) in [7, 11) is 0. The van der Waals surface area contributed by atoms with E-state index >= 15 is 0 Å². The number of non-ortho nitro benzene ring substituents is 1. The Balaban J connectivity index is 2.34. The predicted octanol–water partition coefficient (Wildman–Crippen LogP) is 3.99. The lowest BCUT2D eigenvalue weighted by molar-refractivity contribution is -0.385. The quantitative estimate of drug-likeness (QED) is 0.661. The molecule has 2 rings (SSSR count). The van der Waals surface area contributed by atoms with E-state index in [1.807, 2.05) is 0 Å². The number of carbonyl (C=O) groups is 1. The van der Waals surface area contributed by atoms with E-state index in [0.29, 0.717) is 4.47 Å². The normalized spacial score (nSPS) is 10.2. The van der Waals surface area contributed by atoms with Crippen molar-refractivity contribution < 1.29 is 24.0 Å². The number of benzene rings is 2. The Morgan fingerprint density at radius 2 is 2.00 bits per heavy atom. The molecule has 0 unspecified atom stereocenters. The van der Waals surface area contributed by atoms with Crippen LogP contribution in [0.15, 0.2) is 40.9 Å². The zero-order chi connectivity index (χ0) is 15.6. The molecule has 0 aliphatic carbocycles. The third kappa shape index (κ3) is 3.54. The van der Waals surface area contributed by atoms with Gasteiger partial charge in [0.2, 0.25) is 0 Å². The minimum Gasteiger partial charge on any atom is -0.478 e. The van der Waals surface area contributed by atoms with E-state index < -0.39 is 16.7 Å². The summed E-state index contributed by atoms with van der Waals surface area (Å²) in [5, 5.41) is 19.5. The molecule has 8 heteroatoms. The average molecular weight is 356 g/mol. The zero-order valence-corrected chi connectivity index (χ0v) is 11.8. The van der Waals surface area contributed by atoms with Crippen molar-refractivity contribution >= 4 is 27.6 Å². The molecule has 0 radical (unpaired) electrons. The zero-order valence-electron chi connectivity index (χ0n) is 10.2. The van der Waals surface area contributed by atoms with Crippen LogP contribution in [0.5, 0.6) is 11.5 Å². The molecule has 0 spiro atoms. The number of carboxylic acids is 1. The summed E-state index contributed by atoms with van der Waals surface area (Å²) in [5.74, 6) is -2.32. The van der Waals surface area contributed by atoms with Crippen LogP contribution in [0.4, 0.5) is 10.1 Å². The van der Waals surface area contributed by atoms with Gasteiger partial charge in [-0.3, -0.25) is 10.1 Å². The van der Waals surface area contributed by atoms with Gasteiger partial charge in [0.25, 0.3) is 5.69 Å². The molecular formula is C13H7BrFNO5. The number of aromatic carboxylic acids is 1. The van der Waals surface area contributed by atoms with Crippen LogP contribution >= 0.6 is 15.9 Å². The van der Waals surface area contributed by atoms with E-state index in [4.69, 9.17) is 9.84 Å². The van der Waals surface area contributed by atoms with Gasteiger partial charge in [-0.1, -0.05) is 15.9 Å². The van der Waals surface area contributed by atoms with E-state index in [9.17, 15) is 19.3 Å². The van der Waals surface area contributed by atoms with E-state index in [-0.39, 0.29) is 22.7 Å². The number of nitrogens with zero attached hydrogens (tertiary/aromatic N) is 1. The van der Waals surface area contributed by atoms with Crippen molar-refractivity contribution in [3.05, 3.63) is 62.4 Å². The number of ether oxygens (including phenoxy) is 1. The highest BCUT2D eigenvalue weighted by atomic mass is 79.9. The van der Waals surface area contributed by atoms with Gasteiger partial charge < -0.3 is 9.84 Å². The lowest BCUT2D eigenvalue weighted by Gasteiger charge is -2.07. The van der Waals surface area contributed by atoms with Crippen molar-refractivity contribution in [1.29, 1.82) is 0 Å². The SMILES string of the molecule is O=C(O)c1ccc(Oc2cc(Br)cc([N+](=O)[O-])c2)c(F)c1. The van der Waals surface area contributed by atoms with Crippen molar-refractivity contribution in [2.24, 2.45) is 0 Å². The molecule has 108 valence electrons. The van der Waals surface area contributed by atoms with Crippen LogP contribution in [0, 0.1) is 15.9 Å². The molecule has 0 saturated carbocycles. The Morgan fingerprint density at radius 1 is 1.29 bits per heavy atom. The minimum absolute atomic E-state index is 0.0537. The van der Waals surface area contributed by atoms with Crippen LogP contribution in [0.2, 0.25) is 0 Å². The maximum absolute atomic E-state index is 13.7. The lowest BCUT2D eigenvalue weighted by atomic mass is 10.2. The van der Waals surface area contributed by atoms with Crippen LogP contribution < -0.4 is 4.74 Å². The van der Waals surface area contributed by atoms with Gasteiger partial charge in [-0.15, -0.1) is 0 Å². The summed E-state index contributed by atoms with van der Waals surface area (Å²) in [6.07, 6.45) is 0. The summed E-state index contributed by atoms with van der Waals surface area (Å²) in [5.41, 5.74) is -0.443. The molecule has 2 aromatic carbocycles. The summed E-state index contributed by atoms with van der Waals surface area (Å²) >= 11 is 3.09. The van der Waals surface area contributed by atoms with E-state index in [0.717, 1.165) is 18.2 Å². The first-order valence-corrected chi connectivity index (χ1v) is 6.32. The lowest BCUT2D eigenvalue weighted by Crippen LogP contribution is -1.98. The largest absolute Gasteiger partial charge is 0.478 e. The highest BCUT2D eigenvalue weighted by molar-refractivity contribution is 9.10. The molecule has 0 aromatic heterocycles. The van der Waals surface area contributed by atoms with Gasteiger partial charge in [-0.25, -0.2) is 9.18 Å². The van der Waals surface area contributed by atoms with Gasteiger partial charge in [0.1, 0.15) is 5.75 Å². The van der Waals surface area contributed by atoms with Crippen LogP contribution in [0.3, 0.4) is 0 Å². The summed E-state index contributed by atoms with van der Waals surface area (Å²) in [6.45, 7) is 0. The summed E-state index contributed by atoms with van der Waals surface area (Å²) < 4.78 is 19.3. The van der Waals surface area contributed by atoms with Gasteiger partial charge in [-0.05, 0) is 24.3 Å². The summed E-state index contributed by atoms with van der Waals surface area (Å²) in [4.78, 5) is 20.8. The number of hydrogen-bond acceptors (Lipinski definition) is 4. The van der Waals surface area contributed by atoms with E-state index in [1.54, 1.807) is 0 Å². The predicted molar refractivity (Wildman–Crippen MR) is 74.2 cm³/mol. The Kier molecular flexibility index (Phi) is 4.18. The van der Waals surface area contributed by atoms with Gasteiger partial charge >= 0.3 is 5.97 Å². The third-order valence-electron chi connectivity index (χ3n) is 2.47. The van der Waals surface area contributed by atoms with Crippen molar-refractivity contribution in [3.8, 4) is 11.5 Å². The Labute approximate surface area is 126 Å². The van der Waals surface area contributed by atoms with Crippen LogP contribution in [-0.4, -0.2) is 16.0 Å². The number of carboxylic acid groups (broad SMARTS) is 1. The topological polar surface area (TPSA) is 89.7 Å². The fourth-order valence-corrected chi connectivity index (χ4v) is 2.02. The fraction of sp³-hybridized carbons (Fsp3) is 0. The monoisotopic (exact) mass is 355 g/mol. The van der Waals surface area contributed by atoms with Crippen LogP contribution in [0.25, 0.3) is 0 Å². The van der Waals surface area contributed by atoms with Gasteiger partial charge in [-0.2, -0.15) is 0 Å². The minimum atomic E-state index is -1.27. The molecule has 1 N–H and O–H groups in total. The maximum Gasteiger partial charge on any atom is 0.335 e. The van der Waals surface area contributed by atoms with E-state index in [2.05, 4.69) is 15.9 Å². The highest BCUT2D eigenvalue weighted by Gasteiger charge is 2.13. The molecule has 21 heavy (non-hydrogen) atoms. The van der Waals surface area contributed by atoms with Crippen molar-refractivity contribution in [1.82, 2.24) is 0 Å². The van der Waals surface area contributed by atoms with E-state index in [1.165, 1.54) is 18.2 Å².